The van der Waals surface area contributed by atoms with Gasteiger partial charge in [0.1, 0.15) is 17.4 Å². The number of ether oxygens (including phenoxy) is 1. The van der Waals surface area contributed by atoms with Crippen LogP contribution in [0.25, 0.3) is 0 Å². The zero-order chi connectivity index (χ0) is 16.8. The van der Waals surface area contributed by atoms with Gasteiger partial charge < -0.3 is 15.4 Å². The molecule has 144 valence electrons. The van der Waals surface area contributed by atoms with Crippen LogP contribution in [-0.2, 0) is 17.8 Å². The van der Waals surface area contributed by atoms with Gasteiger partial charge in [-0.3, -0.25) is 4.79 Å². The van der Waals surface area contributed by atoms with E-state index in [0.717, 1.165) is 42.4 Å². The first kappa shape index (κ1) is 23.0. The second-order valence-electron chi connectivity index (χ2n) is 5.74. The number of hydrogen-bond acceptors (Lipinski definition) is 5. The molecule has 0 radical (unpaired) electrons. The van der Waals surface area contributed by atoms with Crippen molar-refractivity contribution < 1.29 is 9.53 Å². The number of benzene rings is 1. The third-order valence-corrected chi connectivity index (χ3v) is 4.94. The van der Waals surface area contributed by atoms with Crippen LogP contribution in [0.3, 0.4) is 0 Å². The summed E-state index contributed by atoms with van der Waals surface area (Å²) in [6, 6.07) is 7.50. The molecule has 2 aromatic rings. The lowest BCUT2D eigenvalue weighted by atomic mass is 10.1. The fourth-order valence-corrected chi connectivity index (χ4v) is 3.41. The van der Waals surface area contributed by atoms with Gasteiger partial charge in [-0.2, -0.15) is 0 Å². The highest BCUT2D eigenvalue weighted by molar-refractivity contribution is 7.09. The quantitative estimate of drug-likeness (QED) is 0.723. The van der Waals surface area contributed by atoms with E-state index >= 15 is 0 Å². The number of carbonyl (C=O) groups excluding carboxylic acids is 1. The molecule has 0 aliphatic carbocycles. The van der Waals surface area contributed by atoms with Gasteiger partial charge in [-0.25, -0.2) is 4.98 Å². The molecule has 2 heterocycles. The Kier molecular flexibility index (Phi) is 10.3. The van der Waals surface area contributed by atoms with E-state index in [2.05, 4.69) is 15.6 Å². The number of halogens is 3. The van der Waals surface area contributed by atoms with E-state index in [0.29, 0.717) is 18.1 Å². The van der Waals surface area contributed by atoms with Gasteiger partial charge in [-0.05, 0) is 50.2 Å². The number of carbonyl (C=O) groups is 1. The molecule has 5 nitrogen and oxygen atoms in total. The topological polar surface area (TPSA) is 63.2 Å². The van der Waals surface area contributed by atoms with Crippen molar-refractivity contribution in [1.29, 1.82) is 0 Å². The zero-order valence-corrected chi connectivity index (χ0v) is 17.3. The van der Waals surface area contributed by atoms with Crippen molar-refractivity contribution in [3.8, 4) is 5.75 Å². The maximum atomic E-state index is 12.1. The predicted molar refractivity (Wildman–Crippen MR) is 110 cm³/mol. The first-order chi connectivity index (χ1) is 11.7. The number of hydrogen-bond donors (Lipinski definition) is 2. The van der Waals surface area contributed by atoms with Crippen LogP contribution in [0.2, 0.25) is 5.02 Å². The van der Waals surface area contributed by atoms with Gasteiger partial charge in [0, 0.05) is 16.4 Å². The summed E-state index contributed by atoms with van der Waals surface area (Å²) in [5, 5.41) is 9.82. The fraction of sp³-hybridized carbons (Fsp3) is 0.412. The average Bonchev–Trinajstić information content (AvgIpc) is 3.02. The highest BCUT2D eigenvalue weighted by Crippen LogP contribution is 2.18. The first-order valence-corrected chi connectivity index (χ1v) is 9.26. The van der Waals surface area contributed by atoms with Gasteiger partial charge in [-0.1, -0.05) is 11.6 Å². The Bertz CT molecular complexity index is 676. The van der Waals surface area contributed by atoms with Gasteiger partial charge in [0.25, 0.3) is 0 Å². The van der Waals surface area contributed by atoms with Crippen LogP contribution in [0.1, 0.15) is 23.5 Å². The molecule has 0 unspecified atom stereocenters. The van der Waals surface area contributed by atoms with Gasteiger partial charge in [0.15, 0.2) is 0 Å². The summed E-state index contributed by atoms with van der Waals surface area (Å²) in [7, 11) is 0. The summed E-state index contributed by atoms with van der Waals surface area (Å²) < 4.78 is 5.67. The largest absolute Gasteiger partial charge is 0.486 e. The number of thiazole rings is 1. The van der Waals surface area contributed by atoms with Crippen molar-refractivity contribution in [2.45, 2.75) is 31.9 Å². The number of amides is 1. The molecule has 1 saturated heterocycles. The summed E-state index contributed by atoms with van der Waals surface area (Å²) in [5.41, 5.74) is 0.793. The van der Waals surface area contributed by atoms with Crippen molar-refractivity contribution in [2.24, 2.45) is 0 Å². The first-order valence-electron chi connectivity index (χ1n) is 8.01. The number of nitrogens with one attached hydrogen (secondary N) is 2. The molecule has 1 amide bonds. The van der Waals surface area contributed by atoms with Crippen LogP contribution in [0.5, 0.6) is 5.75 Å². The van der Waals surface area contributed by atoms with E-state index in [9.17, 15) is 4.79 Å². The minimum atomic E-state index is 0. The second kappa shape index (κ2) is 11.6. The minimum Gasteiger partial charge on any atom is -0.486 e. The third-order valence-electron chi connectivity index (χ3n) is 3.82. The zero-order valence-electron chi connectivity index (χ0n) is 14.1. The third kappa shape index (κ3) is 7.29. The van der Waals surface area contributed by atoms with Crippen molar-refractivity contribution in [3.05, 3.63) is 45.4 Å². The lowest BCUT2D eigenvalue weighted by molar-refractivity contribution is -0.121. The Morgan fingerprint density at radius 1 is 1.27 bits per heavy atom. The number of rotatable bonds is 6. The van der Waals surface area contributed by atoms with Crippen LogP contribution in [-0.4, -0.2) is 30.0 Å². The van der Waals surface area contributed by atoms with Crippen molar-refractivity contribution in [2.75, 3.05) is 13.1 Å². The Hall–Kier alpha value is -1.05. The van der Waals surface area contributed by atoms with Gasteiger partial charge >= 0.3 is 0 Å². The van der Waals surface area contributed by atoms with Crippen molar-refractivity contribution >= 4 is 53.7 Å². The van der Waals surface area contributed by atoms with Crippen LogP contribution < -0.4 is 15.4 Å². The van der Waals surface area contributed by atoms with E-state index in [1.54, 1.807) is 12.1 Å². The smallest absolute Gasteiger partial charge is 0.226 e. The Labute approximate surface area is 174 Å². The minimum absolute atomic E-state index is 0. The summed E-state index contributed by atoms with van der Waals surface area (Å²) >= 11 is 7.35. The van der Waals surface area contributed by atoms with E-state index in [1.165, 1.54) is 11.3 Å². The highest BCUT2D eigenvalue weighted by atomic mass is 35.5. The summed E-state index contributed by atoms with van der Waals surface area (Å²) in [5.74, 6) is 0.789. The number of nitrogens with zero attached hydrogens (tertiary/aromatic N) is 1. The molecule has 0 spiro atoms. The summed E-state index contributed by atoms with van der Waals surface area (Å²) in [4.78, 5) is 16.6. The highest BCUT2D eigenvalue weighted by Gasteiger charge is 2.16. The molecule has 0 atom stereocenters. The summed E-state index contributed by atoms with van der Waals surface area (Å²) in [6.07, 6.45) is 2.30. The fourth-order valence-electron chi connectivity index (χ4n) is 2.58. The molecule has 9 heteroatoms. The molecule has 1 aliphatic heterocycles. The van der Waals surface area contributed by atoms with E-state index in [1.807, 2.05) is 17.5 Å². The van der Waals surface area contributed by atoms with Crippen LogP contribution in [0.4, 0.5) is 0 Å². The molecule has 1 aromatic heterocycles. The van der Waals surface area contributed by atoms with E-state index in [-0.39, 0.29) is 36.8 Å². The maximum absolute atomic E-state index is 12.1. The second-order valence-corrected chi connectivity index (χ2v) is 7.12. The summed E-state index contributed by atoms with van der Waals surface area (Å²) in [6.45, 7) is 2.32. The lowest BCUT2D eigenvalue weighted by Gasteiger charge is -2.23. The SMILES string of the molecule is Cl.Cl.O=C(Cc1csc(COc2ccc(Cl)cc2)n1)NC1CCNCC1. The van der Waals surface area contributed by atoms with Crippen molar-refractivity contribution in [3.63, 3.8) is 0 Å². The molecule has 26 heavy (non-hydrogen) atoms. The molecule has 1 aliphatic rings. The molecular weight excluding hydrogens is 417 g/mol. The van der Waals surface area contributed by atoms with Crippen LogP contribution >= 0.6 is 47.8 Å². The van der Waals surface area contributed by atoms with Gasteiger partial charge in [-0.15, -0.1) is 36.2 Å². The van der Waals surface area contributed by atoms with Crippen LogP contribution in [0, 0.1) is 0 Å². The van der Waals surface area contributed by atoms with Crippen molar-refractivity contribution in [1.82, 2.24) is 15.6 Å². The Morgan fingerprint density at radius 3 is 2.65 bits per heavy atom. The number of aromatic nitrogens is 1. The van der Waals surface area contributed by atoms with Gasteiger partial charge in [0.2, 0.25) is 5.91 Å². The van der Waals surface area contributed by atoms with E-state index < -0.39 is 0 Å². The lowest BCUT2D eigenvalue weighted by Crippen LogP contribution is -2.43. The molecular formula is C17H22Cl3N3O2S. The average molecular weight is 439 g/mol. The molecule has 0 bridgehead atoms. The normalized spacial score (nSPS) is 14.0. The Morgan fingerprint density at radius 2 is 1.96 bits per heavy atom. The monoisotopic (exact) mass is 437 g/mol. The van der Waals surface area contributed by atoms with Crippen LogP contribution in [0.15, 0.2) is 29.6 Å². The Balaban J connectivity index is 0.00000169. The predicted octanol–water partition coefficient (Wildman–Crippen LogP) is 3.63. The molecule has 1 fully saturated rings. The van der Waals surface area contributed by atoms with E-state index in [4.69, 9.17) is 16.3 Å². The van der Waals surface area contributed by atoms with Gasteiger partial charge in [0.05, 0.1) is 12.1 Å². The molecule has 3 rings (SSSR count). The maximum Gasteiger partial charge on any atom is 0.226 e. The molecule has 2 N–H and O–H groups in total. The standard InChI is InChI=1S/C17H20ClN3O2S.2ClH/c18-12-1-3-15(4-2-12)23-10-17-21-14(11-24-17)9-16(22)20-13-5-7-19-8-6-13;;/h1-4,11,13,19H,5-10H2,(H,20,22);2*1H. The number of piperidine rings is 1. The molecule has 1 aromatic carbocycles. The molecule has 0 saturated carbocycles.